The lowest BCUT2D eigenvalue weighted by atomic mass is 10.1. The molecular weight excluding hydrogens is 312 g/mol. The Kier molecular flexibility index (Phi) is 4.95. The smallest absolute Gasteiger partial charge is 0.264 e. The molecule has 1 heterocycles. The van der Waals surface area contributed by atoms with Crippen LogP contribution in [0.3, 0.4) is 0 Å². The Morgan fingerprint density at radius 3 is 2.30 bits per heavy atom. The molecule has 10 heteroatoms. The van der Waals surface area contributed by atoms with Gasteiger partial charge in [-0.25, -0.2) is 4.98 Å². The average Bonchev–Trinajstić information content (AvgIpc) is 2.26. The van der Waals surface area contributed by atoms with E-state index in [0.717, 1.165) is 0 Å². The first-order valence-electron chi connectivity index (χ1n) is 4.99. The second-order valence-corrected chi connectivity index (χ2v) is 4.92. The van der Waals surface area contributed by atoms with Gasteiger partial charge in [0.1, 0.15) is 5.15 Å². The largest absolute Gasteiger partial charge is 0.394 e. The lowest BCUT2D eigenvalue weighted by Crippen LogP contribution is -1.94. The molecule has 0 spiro atoms. The summed E-state index contributed by atoms with van der Waals surface area (Å²) in [6.45, 7) is 1.70. The van der Waals surface area contributed by atoms with Gasteiger partial charge < -0.3 is 0 Å². The van der Waals surface area contributed by atoms with Gasteiger partial charge >= 0.3 is 10.4 Å². The summed E-state index contributed by atoms with van der Waals surface area (Å²) in [7, 11) is -4.67. The van der Waals surface area contributed by atoms with E-state index in [1.165, 1.54) is 0 Å². The van der Waals surface area contributed by atoms with E-state index in [1.54, 1.807) is 31.2 Å². The highest BCUT2D eigenvalue weighted by molar-refractivity contribution is 7.79. The third-order valence-corrected chi connectivity index (χ3v) is 2.40. The van der Waals surface area contributed by atoms with Gasteiger partial charge in [0, 0.05) is 5.56 Å². The number of nitro benzene ring substituents is 1. The van der Waals surface area contributed by atoms with Gasteiger partial charge in [-0.2, -0.15) is 8.42 Å². The number of pyridine rings is 1. The average molecular weight is 321 g/mol. The molecule has 2 N–H and O–H groups in total. The molecule has 0 amide bonds. The standard InChI is InChI=1S/C10H7ClN2O2.H2O4S/c1-6-2-4-8-7(10(6)13(14)15)3-5-9(11)12-8;1-5(2,3)4/h2-5H,1H3;(H2,1,2,3,4). The Morgan fingerprint density at radius 1 is 1.25 bits per heavy atom. The van der Waals surface area contributed by atoms with Gasteiger partial charge in [0.25, 0.3) is 5.69 Å². The number of fused-ring (bicyclic) bond motifs is 1. The summed E-state index contributed by atoms with van der Waals surface area (Å²) in [4.78, 5) is 14.5. The number of hydrogen-bond donors (Lipinski definition) is 2. The van der Waals surface area contributed by atoms with Gasteiger partial charge in [-0.05, 0) is 25.1 Å². The fourth-order valence-corrected chi connectivity index (χ4v) is 1.67. The van der Waals surface area contributed by atoms with Gasteiger partial charge in [-0.3, -0.25) is 19.2 Å². The summed E-state index contributed by atoms with van der Waals surface area (Å²) in [6.07, 6.45) is 0. The monoisotopic (exact) mass is 320 g/mol. The number of nitrogens with zero attached hydrogens (tertiary/aromatic N) is 2. The van der Waals surface area contributed by atoms with Gasteiger partial charge in [-0.15, -0.1) is 0 Å². The van der Waals surface area contributed by atoms with E-state index < -0.39 is 15.3 Å². The van der Waals surface area contributed by atoms with Crippen LogP contribution < -0.4 is 0 Å². The van der Waals surface area contributed by atoms with E-state index in [2.05, 4.69) is 4.98 Å². The Labute approximate surface area is 118 Å². The highest BCUT2D eigenvalue weighted by Crippen LogP contribution is 2.28. The number of nitro groups is 1. The van der Waals surface area contributed by atoms with Crippen molar-refractivity contribution in [3.8, 4) is 0 Å². The maximum absolute atomic E-state index is 10.9. The minimum absolute atomic E-state index is 0.0941. The van der Waals surface area contributed by atoms with E-state index in [1.807, 2.05) is 0 Å². The number of benzene rings is 1. The van der Waals surface area contributed by atoms with Gasteiger partial charge in [0.05, 0.1) is 15.8 Å². The summed E-state index contributed by atoms with van der Waals surface area (Å²) in [5.41, 5.74) is 1.26. The van der Waals surface area contributed by atoms with Crippen LogP contribution in [0.1, 0.15) is 5.56 Å². The maximum Gasteiger partial charge on any atom is 0.394 e. The predicted molar refractivity (Wildman–Crippen MR) is 72.3 cm³/mol. The lowest BCUT2D eigenvalue weighted by molar-refractivity contribution is -0.383. The van der Waals surface area contributed by atoms with Gasteiger partial charge in [0.2, 0.25) is 0 Å². The molecule has 0 saturated carbocycles. The molecule has 0 radical (unpaired) electrons. The zero-order valence-corrected chi connectivity index (χ0v) is 11.6. The Balaban J connectivity index is 0.000000347. The third-order valence-electron chi connectivity index (χ3n) is 2.19. The highest BCUT2D eigenvalue weighted by Gasteiger charge is 2.15. The molecule has 108 valence electrons. The van der Waals surface area contributed by atoms with Crippen molar-refractivity contribution < 1.29 is 22.4 Å². The molecule has 0 aliphatic heterocycles. The summed E-state index contributed by atoms with van der Waals surface area (Å²) in [5.74, 6) is 0. The van der Waals surface area contributed by atoms with Crippen LogP contribution >= 0.6 is 11.6 Å². The molecule has 2 rings (SSSR count). The van der Waals surface area contributed by atoms with Crippen molar-refractivity contribution in [3.63, 3.8) is 0 Å². The molecule has 0 aliphatic carbocycles. The van der Waals surface area contributed by atoms with E-state index in [9.17, 15) is 10.1 Å². The van der Waals surface area contributed by atoms with Crippen LogP contribution in [0.15, 0.2) is 24.3 Å². The topological polar surface area (TPSA) is 131 Å². The van der Waals surface area contributed by atoms with E-state index >= 15 is 0 Å². The van der Waals surface area contributed by atoms with Crippen molar-refractivity contribution in [1.29, 1.82) is 0 Å². The van der Waals surface area contributed by atoms with Gasteiger partial charge in [-0.1, -0.05) is 17.7 Å². The van der Waals surface area contributed by atoms with Crippen LogP contribution in [0.25, 0.3) is 10.9 Å². The minimum Gasteiger partial charge on any atom is -0.264 e. The molecule has 0 unspecified atom stereocenters. The van der Waals surface area contributed by atoms with E-state index in [4.69, 9.17) is 29.1 Å². The van der Waals surface area contributed by atoms with Crippen LogP contribution in [-0.4, -0.2) is 27.4 Å². The summed E-state index contributed by atoms with van der Waals surface area (Å²) in [6, 6.07) is 6.57. The van der Waals surface area contributed by atoms with E-state index in [-0.39, 0.29) is 5.69 Å². The summed E-state index contributed by atoms with van der Waals surface area (Å²) < 4.78 is 31.6. The van der Waals surface area contributed by atoms with Crippen LogP contribution in [0.5, 0.6) is 0 Å². The Hall–Kier alpha value is -1.81. The zero-order valence-electron chi connectivity index (χ0n) is 10.0. The summed E-state index contributed by atoms with van der Waals surface area (Å²) in [5, 5.41) is 11.7. The molecule has 0 bridgehead atoms. The molecule has 20 heavy (non-hydrogen) atoms. The van der Waals surface area contributed by atoms with Crippen molar-refractivity contribution in [2.75, 3.05) is 0 Å². The fraction of sp³-hybridized carbons (Fsp3) is 0.100. The molecule has 2 aromatic rings. The molecule has 0 atom stereocenters. The molecule has 0 fully saturated rings. The third kappa shape index (κ3) is 4.70. The first-order chi connectivity index (χ1) is 9.09. The predicted octanol–water partition coefficient (Wildman–Crippen LogP) is 2.45. The zero-order chi connectivity index (χ0) is 15.5. The fourth-order valence-electron chi connectivity index (χ4n) is 1.51. The van der Waals surface area contributed by atoms with Crippen molar-refractivity contribution >= 4 is 38.6 Å². The number of hydrogen-bond acceptors (Lipinski definition) is 5. The van der Waals surface area contributed by atoms with Crippen LogP contribution in [0.4, 0.5) is 5.69 Å². The normalized spacial score (nSPS) is 10.8. The van der Waals surface area contributed by atoms with Crippen molar-refractivity contribution in [1.82, 2.24) is 4.98 Å². The van der Waals surface area contributed by atoms with E-state index in [0.29, 0.717) is 21.6 Å². The van der Waals surface area contributed by atoms with Crippen molar-refractivity contribution in [2.45, 2.75) is 6.92 Å². The first kappa shape index (κ1) is 16.2. The SMILES string of the molecule is Cc1ccc2nc(Cl)ccc2c1[N+](=O)[O-].O=S(=O)(O)O. The number of rotatable bonds is 1. The highest BCUT2D eigenvalue weighted by atomic mass is 35.5. The number of halogens is 1. The molecule has 1 aromatic carbocycles. The quantitative estimate of drug-likeness (QED) is 0.357. The minimum atomic E-state index is -4.67. The second-order valence-electron chi connectivity index (χ2n) is 3.64. The number of aromatic nitrogens is 1. The molecule has 0 aliphatic rings. The molecule has 8 nitrogen and oxygen atoms in total. The van der Waals surface area contributed by atoms with Crippen molar-refractivity contribution in [3.05, 3.63) is 45.1 Å². The van der Waals surface area contributed by atoms with Crippen LogP contribution in [0.2, 0.25) is 5.15 Å². The Bertz CT molecular complexity index is 754. The first-order valence-corrected chi connectivity index (χ1v) is 6.77. The lowest BCUT2D eigenvalue weighted by Gasteiger charge is -2.01. The molecule has 1 aromatic heterocycles. The second kappa shape index (κ2) is 6.09. The summed E-state index contributed by atoms with van der Waals surface area (Å²) >= 11 is 5.71. The van der Waals surface area contributed by atoms with Crippen LogP contribution in [0, 0.1) is 17.0 Å². The Morgan fingerprint density at radius 2 is 1.80 bits per heavy atom. The molecular formula is C10H9ClN2O6S. The van der Waals surface area contributed by atoms with Gasteiger partial charge in [0.15, 0.2) is 0 Å². The van der Waals surface area contributed by atoms with Crippen LogP contribution in [-0.2, 0) is 10.4 Å². The molecule has 0 saturated heterocycles. The maximum atomic E-state index is 10.9. The number of aryl methyl sites for hydroxylation is 1. The van der Waals surface area contributed by atoms with Crippen molar-refractivity contribution in [2.24, 2.45) is 0 Å².